The highest BCUT2D eigenvalue weighted by Gasteiger charge is 2.11. The van der Waals surface area contributed by atoms with Gasteiger partial charge in [-0.05, 0) is 40.8 Å². The molecule has 0 saturated heterocycles. The molecule has 2 rings (SSSR count). The molecule has 0 spiro atoms. The van der Waals surface area contributed by atoms with Crippen LogP contribution in [0.25, 0.3) is 10.9 Å². The number of carbonyl (C=O) groups is 1. The van der Waals surface area contributed by atoms with E-state index >= 15 is 0 Å². The molecule has 16 heavy (non-hydrogen) atoms. The van der Waals surface area contributed by atoms with E-state index in [1.54, 1.807) is 19.2 Å². The van der Waals surface area contributed by atoms with Gasteiger partial charge in [0.15, 0.2) is 5.43 Å². The summed E-state index contributed by atoms with van der Waals surface area (Å²) in [6, 6.07) is 6.50. The lowest BCUT2D eigenvalue weighted by molar-refractivity contribution is 0.0686. The molecule has 0 radical (unpaired) electrons. The monoisotopic (exact) mass is 329 g/mol. The first-order valence-corrected chi connectivity index (χ1v) is 5.61. The first-order chi connectivity index (χ1) is 7.50. The molecule has 1 heterocycles. The molecule has 0 saturated carbocycles. The second-order valence-corrected chi connectivity index (χ2v) is 4.67. The fourth-order valence-corrected chi connectivity index (χ4v) is 2.12. The number of fused-ring (bicyclic) bond motifs is 1. The smallest absolute Gasteiger partial charge is 0.352 e. The number of hydrogen-bond acceptors (Lipinski definition) is 2. The fourth-order valence-electron chi connectivity index (χ4n) is 1.63. The molecule has 0 unspecified atom stereocenters. The molecule has 0 fully saturated rings. The fraction of sp³-hybridized carbons (Fsp3) is 0.0909. The Morgan fingerprint density at radius 3 is 2.69 bits per heavy atom. The number of aromatic nitrogens is 1. The average molecular weight is 329 g/mol. The van der Waals surface area contributed by atoms with Gasteiger partial charge < -0.3 is 9.67 Å². The molecule has 1 aromatic carbocycles. The highest BCUT2D eigenvalue weighted by atomic mass is 127. The summed E-state index contributed by atoms with van der Waals surface area (Å²) in [5.74, 6) is -1.10. The Bertz CT molecular complexity index is 645. The zero-order valence-corrected chi connectivity index (χ0v) is 10.6. The average Bonchev–Trinajstić information content (AvgIpc) is 2.22. The van der Waals surface area contributed by atoms with Crippen molar-refractivity contribution in [1.29, 1.82) is 0 Å². The number of halogens is 1. The van der Waals surface area contributed by atoms with Crippen LogP contribution in [-0.2, 0) is 7.05 Å². The molecular weight excluding hydrogens is 321 g/mol. The quantitative estimate of drug-likeness (QED) is 0.813. The van der Waals surface area contributed by atoms with Crippen LogP contribution in [-0.4, -0.2) is 15.6 Å². The Hall–Kier alpha value is -1.37. The number of hydrogen-bond donors (Lipinski definition) is 1. The van der Waals surface area contributed by atoms with Crippen LogP contribution in [0.4, 0.5) is 0 Å². The van der Waals surface area contributed by atoms with Gasteiger partial charge in [0.1, 0.15) is 5.69 Å². The van der Waals surface area contributed by atoms with Crippen LogP contribution in [0.5, 0.6) is 0 Å². The van der Waals surface area contributed by atoms with E-state index in [-0.39, 0.29) is 11.1 Å². The Balaban J connectivity index is 2.96. The molecule has 5 heteroatoms. The van der Waals surface area contributed by atoms with Crippen molar-refractivity contribution >= 4 is 39.5 Å². The third-order valence-corrected chi connectivity index (χ3v) is 3.10. The van der Waals surface area contributed by atoms with Crippen molar-refractivity contribution in [3.05, 3.63) is 43.8 Å². The van der Waals surface area contributed by atoms with Crippen molar-refractivity contribution in [2.75, 3.05) is 0 Å². The van der Waals surface area contributed by atoms with Crippen molar-refractivity contribution in [2.24, 2.45) is 7.05 Å². The molecule has 82 valence electrons. The summed E-state index contributed by atoms with van der Waals surface area (Å²) in [5.41, 5.74) is 0.369. The van der Waals surface area contributed by atoms with Gasteiger partial charge in [0.25, 0.3) is 0 Å². The zero-order chi connectivity index (χ0) is 11.9. The van der Waals surface area contributed by atoms with Crippen molar-refractivity contribution in [3.8, 4) is 0 Å². The Morgan fingerprint density at radius 1 is 1.38 bits per heavy atom. The minimum atomic E-state index is -1.10. The Kier molecular flexibility index (Phi) is 2.71. The molecule has 1 N–H and O–H groups in total. The summed E-state index contributed by atoms with van der Waals surface area (Å²) >= 11 is 2.11. The number of pyridine rings is 1. The van der Waals surface area contributed by atoms with Gasteiger partial charge >= 0.3 is 5.97 Å². The third kappa shape index (κ3) is 1.71. The Morgan fingerprint density at radius 2 is 2.06 bits per heavy atom. The van der Waals surface area contributed by atoms with E-state index in [4.69, 9.17) is 5.11 Å². The standard InChI is InChI=1S/C11H8INO3/c1-13-8-3-2-6(12)4-7(8)10(14)5-9(13)11(15)16/h2-5H,1H3,(H,15,16). The van der Waals surface area contributed by atoms with Gasteiger partial charge in [-0.3, -0.25) is 4.79 Å². The van der Waals surface area contributed by atoms with Crippen molar-refractivity contribution in [2.45, 2.75) is 0 Å². The van der Waals surface area contributed by atoms with E-state index in [2.05, 4.69) is 22.6 Å². The topological polar surface area (TPSA) is 59.3 Å². The summed E-state index contributed by atoms with van der Waals surface area (Å²) in [6.07, 6.45) is 0. The number of nitrogens with zero attached hydrogens (tertiary/aromatic N) is 1. The number of aromatic carboxylic acids is 1. The van der Waals surface area contributed by atoms with E-state index in [1.165, 1.54) is 4.57 Å². The minimum Gasteiger partial charge on any atom is -0.477 e. The van der Waals surface area contributed by atoms with Crippen molar-refractivity contribution in [1.82, 2.24) is 4.57 Å². The van der Waals surface area contributed by atoms with Gasteiger partial charge in [-0.1, -0.05) is 0 Å². The molecule has 0 aliphatic carbocycles. The van der Waals surface area contributed by atoms with Gasteiger partial charge in [0.05, 0.1) is 5.52 Å². The van der Waals surface area contributed by atoms with Gasteiger partial charge in [-0.15, -0.1) is 0 Å². The van der Waals surface area contributed by atoms with Crippen LogP contribution < -0.4 is 5.43 Å². The number of benzene rings is 1. The SMILES string of the molecule is Cn1c(C(=O)O)cc(=O)c2cc(I)ccc21. The zero-order valence-electron chi connectivity index (χ0n) is 8.40. The molecule has 0 aliphatic heterocycles. The molecule has 0 bridgehead atoms. The van der Waals surface area contributed by atoms with Crippen molar-refractivity contribution in [3.63, 3.8) is 0 Å². The third-order valence-electron chi connectivity index (χ3n) is 2.43. The number of aryl methyl sites for hydroxylation is 1. The van der Waals surface area contributed by atoms with Crippen LogP contribution in [0.2, 0.25) is 0 Å². The molecule has 0 atom stereocenters. The second kappa shape index (κ2) is 3.89. The van der Waals surface area contributed by atoms with Crippen LogP contribution in [0, 0.1) is 3.57 Å². The normalized spacial score (nSPS) is 10.6. The molecule has 2 aromatic rings. The lowest BCUT2D eigenvalue weighted by atomic mass is 10.2. The highest BCUT2D eigenvalue weighted by Crippen LogP contribution is 2.15. The summed E-state index contributed by atoms with van der Waals surface area (Å²) in [4.78, 5) is 22.7. The molecule has 0 aliphatic rings. The van der Waals surface area contributed by atoms with Crippen LogP contribution in [0.3, 0.4) is 0 Å². The van der Waals surface area contributed by atoms with Crippen LogP contribution in [0.15, 0.2) is 29.1 Å². The van der Waals surface area contributed by atoms with Gasteiger partial charge in [-0.25, -0.2) is 4.79 Å². The summed E-state index contributed by atoms with van der Waals surface area (Å²) in [6.45, 7) is 0. The van der Waals surface area contributed by atoms with E-state index < -0.39 is 5.97 Å². The molecule has 1 aromatic heterocycles. The summed E-state index contributed by atoms with van der Waals surface area (Å²) in [7, 11) is 1.64. The predicted octanol–water partition coefficient (Wildman–Crippen LogP) is 1.84. The molecule has 4 nitrogen and oxygen atoms in total. The van der Waals surface area contributed by atoms with Crippen LogP contribution in [0.1, 0.15) is 10.5 Å². The van der Waals surface area contributed by atoms with Crippen LogP contribution >= 0.6 is 22.6 Å². The van der Waals surface area contributed by atoms with Crippen molar-refractivity contribution < 1.29 is 9.90 Å². The highest BCUT2D eigenvalue weighted by molar-refractivity contribution is 14.1. The van der Waals surface area contributed by atoms with E-state index in [0.29, 0.717) is 10.9 Å². The number of carboxylic acid groups (broad SMARTS) is 1. The maximum atomic E-state index is 11.7. The lowest BCUT2D eigenvalue weighted by Gasteiger charge is -2.08. The summed E-state index contributed by atoms with van der Waals surface area (Å²) in [5, 5.41) is 9.48. The van der Waals surface area contributed by atoms with E-state index in [1.807, 2.05) is 6.07 Å². The van der Waals surface area contributed by atoms with Gasteiger partial charge in [0, 0.05) is 22.1 Å². The van der Waals surface area contributed by atoms with E-state index in [9.17, 15) is 9.59 Å². The van der Waals surface area contributed by atoms with E-state index in [0.717, 1.165) is 9.64 Å². The number of carboxylic acids is 1. The Labute approximate surface area is 105 Å². The summed E-state index contributed by atoms with van der Waals surface area (Å²) < 4.78 is 2.46. The van der Waals surface area contributed by atoms with Gasteiger partial charge in [0.2, 0.25) is 0 Å². The molecule has 0 amide bonds. The minimum absolute atomic E-state index is 0.00120. The second-order valence-electron chi connectivity index (χ2n) is 3.42. The first-order valence-electron chi connectivity index (χ1n) is 4.53. The number of rotatable bonds is 1. The van der Waals surface area contributed by atoms with Gasteiger partial charge in [-0.2, -0.15) is 0 Å². The first kappa shape index (κ1) is 11.1. The molecular formula is C11H8INO3. The largest absolute Gasteiger partial charge is 0.477 e. The maximum absolute atomic E-state index is 11.7. The predicted molar refractivity (Wildman–Crippen MR) is 68.9 cm³/mol. The maximum Gasteiger partial charge on any atom is 0.352 e. The lowest BCUT2D eigenvalue weighted by Crippen LogP contribution is -2.15.